The van der Waals surface area contributed by atoms with Crippen molar-refractivity contribution in [3.05, 3.63) is 22.8 Å². The zero-order valence-electron chi connectivity index (χ0n) is 7.74. The maximum absolute atomic E-state index is 4.88. The van der Waals surface area contributed by atoms with Crippen molar-refractivity contribution in [2.24, 2.45) is 0 Å². The van der Waals surface area contributed by atoms with E-state index in [9.17, 15) is 0 Å². The van der Waals surface area contributed by atoms with E-state index in [-0.39, 0.29) is 0 Å². The molecular formula is C8H9BrIN3O. The van der Waals surface area contributed by atoms with Crippen molar-refractivity contribution >= 4 is 44.2 Å². The second-order valence-corrected chi connectivity index (χ2v) is 3.16. The van der Waals surface area contributed by atoms with Crippen LogP contribution < -0.4 is 4.74 Å². The van der Waals surface area contributed by atoms with Gasteiger partial charge in [0.05, 0.1) is 7.11 Å². The summed E-state index contributed by atoms with van der Waals surface area (Å²) in [5, 5.41) is 4.05. The summed E-state index contributed by atoms with van der Waals surface area (Å²) in [6.45, 7) is 0. The summed E-state index contributed by atoms with van der Waals surface area (Å²) >= 11 is 5.48. The van der Waals surface area contributed by atoms with Gasteiger partial charge >= 0.3 is 6.01 Å². The monoisotopic (exact) mass is 369 g/mol. The molecular weight excluding hydrogens is 361 g/mol. The van der Waals surface area contributed by atoms with Crippen molar-refractivity contribution < 1.29 is 4.74 Å². The molecule has 0 saturated heterocycles. The molecule has 0 unspecified atom stereocenters. The van der Waals surface area contributed by atoms with Gasteiger partial charge in [0.2, 0.25) is 0 Å². The van der Waals surface area contributed by atoms with Gasteiger partial charge in [-0.05, 0) is 33.0 Å². The first-order chi connectivity index (χ1) is 6.79. The molecule has 2 aromatic rings. The standard InChI is InChI=1S/C7H6BrN3O.CH3I/c1-12-7-9-6-3-2-5(8)4-11(6)10-7;1-2/h2-4H,1H3;1H3. The summed E-state index contributed by atoms with van der Waals surface area (Å²) in [4.78, 5) is 6.05. The maximum Gasteiger partial charge on any atom is 0.336 e. The van der Waals surface area contributed by atoms with Gasteiger partial charge in [-0.1, -0.05) is 22.6 Å². The Morgan fingerprint density at radius 1 is 1.43 bits per heavy atom. The third kappa shape index (κ3) is 2.57. The molecule has 4 nitrogen and oxygen atoms in total. The van der Waals surface area contributed by atoms with E-state index < -0.39 is 0 Å². The molecule has 6 heteroatoms. The first kappa shape index (κ1) is 11.7. The zero-order chi connectivity index (χ0) is 10.6. The van der Waals surface area contributed by atoms with Crippen LogP contribution in [0.25, 0.3) is 5.65 Å². The van der Waals surface area contributed by atoms with Gasteiger partial charge in [0.25, 0.3) is 0 Å². The lowest BCUT2D eigenvalue weighted by atomic mass is 10.5. The lowest BCUT2D eigenvalue weighted by molar-refractivity contribution is 0.380. The first-order valence-corrected chi connectivity index (χ1v) is 6.68. The Kier molecular flexibility index (Phi) is 4.59. The molecule has 0 fully saturated rings. The number of nitrogens with zero attached hydrogens (tertiary/aromatic N) is 3. The van der Waals surface area contributed by atoms with E-state index in [0.29, 0.717) is 6.01 Å². The van der Waals surface area contributed by atoms with Crippen molar-refractivity contribution in [1.29, 1.82) is 0 Å². The minimum Gasteiger partial charge on any atom is -0.466 e. The Bertz CT molecular complexity index is 418. The second-order valence-electron chi connectivity index (χ2n) is 2.25. The van der Waals surface area contributed by atoms with E-state index in [1.807, 2.05) is 23.3 Å². The molecule has 0 aliphatic carbocycles. The normalized spacial score (nSPS) is 9.43. The van der Waals surface area contributed by atoms with E-state index in [1.165, 1.54) is 0 Å². The van der Waals surface area contributed by atoms with Gasteiger partial charge in [-0.2, -0.15) is 4.98 Å². The highest BCUT2D eigenvalue weighted by atomic mass is 127. The van der Waals surface area contributed by atoms with Gasteiger partial charge in [0.1, 0.15) is 0 Å². The molecule has 0 amide bonds. The topological polar surface area (TPSA) is 39.4 Å². The quantitative estimate of drug-likeness (QED) is 0.572. The lowest BCUT2D eigenvalue weighted by Gasteiger charge is -1.89. The number of halogens is 2. The first-order valence-electron chi connectivity index (χ1n) is 3.73. The van der Waals surface area contributed by atoms with Crippen LogP contribution in [0.3, 0.4) is 0 Å². The highest BCUT2D eigenvalue weighted by Gasteiger charge is 2.01. The largest absolute Gasteiger partial charge is 0.466 e. The average molecular weight is 370 g/mol. The SMILES string of the molecule is CI.COc1nc2ccc(Br)cn2n1. The third-order valence-electron chi connectivity index (χ3n) is 1.46. The van der Waals surface area contributed by atoms with Crippen molar-refractivity contribution in [2.75, 3.05) is 12.0 Å². The van der Waals surface area contributed by atoms with Crippen LogP contribution in [-0.4, -0.2) is 26.6 Å². The van der Waals surface area contributed by atoms with Crippen LogP contribution in [0.1, 0.15) is 0 Å². The summed E-state index contributed by atoms with van der Waals surface area (Å²) in [7, 11) is 1.55. The number of alkyl halides is 1. The van der Waals surface area contributed by atoms with Crippen molar-refractivity contribution in [1.82, 2.24) is 14.6 Å². The van der Waals surface area contributed by atoms with Gasteiger partial charge in [0.15, 0.2) is 5.65 Å². The van der Waals surface area contributed by atoms with E-state index >= 15 is 0 Å². The maximum atomic E-state index is 4.88. The van der Waals surface area contributed by atoms with Crippen molar-refractivity contribution in [3.63, 3.8) is 0 Å². The summed E-state index contributed by atoms with van der Waals surface area (Å²) in [5.41, 5.74) is 0.773. The van der Waals surface area contributed by atoms with Crippen molar-refractivity contribution in [3.8, 4) is 6.01 Å². The lowest BCUT2D eigenvalue weighted by Crippen LogP contribution is -1.87. The molecule has 0 aromatic carbocycles. The summed E-state index contributed by atoms with van der Waals surface area (Å²) in [6.07, 6.45) is 1.82. The summed E-state index contributed by atoms with van der Waals surface area (Å²) in [5.74, 6) is 0. The molecule has 0 atom stereocenters. The number of hydrogen-bond acceptors (Lipinski definition) is 3. The molecule has 76 valence electrons. The van der Waals surface area contributed by atoms with E-state index in [0.717, 1.165) is 10.1 Å². The van der Waals surface area contributed by atoms with Gasteiger partial charge in [-0.3, -0.25) is 0 Å². The molecule has 2 aromatic heterocycles. The predicted octanol–water partition coefficient (Wildman–Crippen LogP) is 2.55. The number of hydrogen-bond donors (Lipinski definition) is 0. The molecule has 2 rings (SSSR count). The smallest absolute Gasteiger partial charge is 0.336 e. The Hall–Kier alpha value is -0.370. The van der Waals surface area contributed by atoms with Crippen molar-refractivity contribution in [2.45, 2.75) is 0 Å². The molecule has 0 saturated carbocycles. The van der Waals surface area contributed by atoms with E-state index in [1.54, 1.807) is 11.6 Å². The van der Waals surface area contributed by atoms with Gasteiger partial charge in [-0.25, -0.2) is 4.52 Å². The number of pyridine rings is 1. The fourth-order valence-corrected chi connectivity index (χ4v) is 1.25. The van der Waals surface area contributed by atoms with Crippen LogP contribution in [0.2, 0.25) is 0 Å². The highest BCUT2D eigenvalue weighted by molar-refractivity contribution is 14.1. The number of methoxy groups -OCH3 is 1. The minimum absolute atomic E-state index is 0.383. The van der Waals surface area contributed by atoms with Crippen LogP contribution >= 0.6 is 38.5 Å². The molecule has 0 N–H and O–H groups in total. The minimum atomic E-state index is 0.383. The highest BCUT2D eigenvalue weighted by Crippen LogP contribution is 2.12. The average Bonchev–Trinajstić information content (AvgIpc) is 2.62. The van der Waals surface area contributed by atoms with E-state index in [2.05, 4.69) is 48.6 Å². The van der Waals surface area contributed by atoms with Crippen LogP contribution in [0.5, 0.6) is 6.01 Å². The molecule has 0 aliphatic heterocycles. The molecule has 2 heterocycles. The molecule has 0 bridgehead atoms. The Morgan fingerprint density at radius 2 is 2.14 bits per heavy atom. The van der Waals surface area contributed by atoms with Crippen LogP contribution in [0, 0.1) is 0 Å². The fourth-order valence-electron chi connectivity index (χ4n) is 0.924. The Labute approximate surface area is 104 Å². The van der Waals surface area contributed by atoms with E-state index in [4.69, 9.17) is 4.74 Å². The van der Waals surface area contributed by atoms with Crippen LogP contribution in [0.4, 0.5) is 0 Å². The summed E-state index contributed by atoms with van der Waals surface area (Å²) < 4.78 is 7.50. The molecule has 0 spiro atoms. The zero-order valence-corrected chi connectivity index (χ0v) is 11.5. The van der Waals surface area contributed by atoms with Gasteiger partial charge < -0.3 is 4.74 Å². The van der Waals surface area contributed by atoms with Gasteiger partial charge in [0, 0.05) is 10.7 Å². The molecule has 0 radical (unpaired) electrons. The second kappa shape index (κ2) is 5.50. The van der Waals surface area contributed by atoms with Crippen LogP contribution in [0.15, 0.2) is 22.8 Å². The molecule has 14 heavy (non-hydrogen) atoms. The Morgan fingerprint density at radius 3 is 2.79 bits per heavy atom. The fraction of sp³-hybridized carbons (Fsp3) is 0.250. The molecule has 0 aliphatic rings. The number of aromatic nitrogens is 3. The van der Waals surface area contributed by atoms with Gasteiger partial charge in [-0.15, -0.1) is 5.10 Å². The predicted molar refractivity (Wildman–Crippen MR) is 67.2 cm³/mol. The summed E-state index contributed by atoms with van der Waals surface area (Å²) in [6, 6.07) is 4.15. The number of ether oxygens (including phenoxy) is 1. The number of fused-ring (bicyclic) bond motifs is 1. The number of rotatable bonds is 1. The van der Waals surface area contributed by atoms with Crippen LogP contribution in [-0.2, 0) is 0 Å². The third-order valence-corrected chi connectivity index (χ3v) is 1.93. The Balaban J connectivity index is 0.000000461.